The van der Waals surface area contributed by atoms with E-state index in [9.17, 15) is 4.79 Å². The highest BCUT2D eigenvalue weighted by molar-refractivity contribution is 5.77. The molecule has 0 aromatic rings. The Balaban J connectivity index is 2.12. The predicted molar refractivity (Wildman–Crippen MR) is 48.8 cm³/mol. The van der Waals surface area contributed by atoms with Crippen LogP contribution in [0.2, 0.25) is 0 Å². The van der Waals surface area contributed by atoms with Crippen LogP contribution in [0, 0.1) is 11.8 Å². The van der Waals surface area contributed by atoms with Gasteiger partial charge in [-0.05, 0) is 25.4 Å². The number of amides is 1. The Morgan fingerprint density at radius 3 is 2.92 bits per heavy atom. The number of nitrogens with one attached hydrogen (secondary N) is 2. The Morgan fingerprint density at radius 2 is 2.42 bits per heavy atom. The second kappa shape index (κ2) is 4.45. The van der Waals surface area contributed by atoms with Crippen molar-refractivity contribution >= 4 is 5.91 Å². The van der Waals surface area contributed by atoms with E-state index in [0.29, 0.717) is 5.92 Å². The Morgan fingerprint density at radius 1 is 1.67 bits per heavy atom. The number of carbonyl (C=O) groups is 1. The zero-order valence-electron chi connectivity index (χ0n) is 7.89. The van der Waals surface area contributed by atoms with Crippen LogP contribution in [0.1, 0.15) is 20.3 Å². The monoisotopic (exact) mass is 170 g/mol. The smallest absolute Gasteiger partial charge is 0.222 e. The van der Waals surface area contributed by atoms with Gasteiger partial charge in [-0.3, -0.25) is 4.79 Å². The maximum atomic E-state index is 11.2. The van der Waals surface area contributed by atoms with Gasteiger partial charge >= 0.3 is 0 Å². The molecule has 3 nitrogen and oxygen atoms in total. The first-order chi connectivity index (χ1) is 5.70. The maximum absolute atomic E-state index is 11.2. The van der Waals surface area contributed by atoms with Crippen LogP contribution in [0.25, 0.3) is 0 Å². The molecular weight excluding hydrogens is 152 g/mol. The second-order valence-corrected chi connectivity index (χ2v) is 3.76. The third-order valence-electron chi connectivity index (χ3n) is 2.25. The minimum absolute atomic E-state index is 0.111. The molecule has 1 amide bonds. The largest absolute Gasteiger partial charge is 0.356 e. The van der Waals surface area contributed by atoms with Crippen molar-refractivity contribution in [2.75, 3.05) is 19.6 Å². The summed E-state index contributed by atoms with van der Waals surface area (Å²) in [4.78, 5) is 11.2. The molecule has 70 valence electrons. The lowest BCUT2D eigenvalue weighted by molar-refractivity contribution is -0.124. The van der Waals surface area contributed by atoms with Crippen LogP contribution in [-0.2, 0) is 4.79 Å². The van der Waals surface area contributed by atoms with Crippen LogP contribution in [0.4, 0.5) is 0 Å². The molecule has 0 spiro atoms. The summed E-state index contributed by atoms with van der Waals surface area (Å²) in [7, 11) is 0. The van der Waals surface area contributed by atoms with Crippen LogP contribution in [0.3, 0.4) is 0 Å². The van der Waals surface area contributed by atoms with Crippen molar-refractivity contribution in [2.24, 2.45) is 11.8 Å². The van der Waals surface area contributed by atoms with Crippen molar-refractivity contribution in [2.45, 2.75) is 20.3 Å². The van der Waals surface area contributed by atoms with Gasteiger partial charge in [0, 0.05) is 12.5 Å². The normalized spacial score (nSPS) is 23.1. The molecule has 0 radical (unpaired) electrons. The fraction of sp³-hybridized carbons (Fsp3) is 0.889. The second-order valence-electron chi connectivity index (χ2n) is 3.76. The molecule has 1 rings (SSSR count). The standard InChI is InChI=1S/C9H18N2O/c1-7(2)9(12)11-6-8-3-4-10-5-8/h7-8,10H,3-6H2,1-2H3,(H,11,12)/t8-/m0/s1. The summed E-state index contributed by atoms with van der Waals surface area (Å²) in [6, 6.07) is 0. The lowest BCUT2D eigenvalue weighted by Gasteiger charge is -2.11. The van der Waals surface area contributed by atoms with E-state index in [1.54, 1.807) is 0 Å². The molecule has 2 N–H and O–H groups in total. The lowest BCUT2D eigenvalue weighted by atomic mass is 10.1. The quantitative estimate of drug-likeness (QED) is 0.642. The van der Waals surface area contributed by atoms with Gasteiger partial charge < -0.3 is 10.6 Å². The van der Waals surface area contributed by atoms with Crippen LogP contribution in [-0.4, -0.2) is 25.5 Å². The van der Waals surface area contributed by atoms with E-state index < -0.39 is 0 Å². The van der Waals surface area contributed by atoms with Gasteiger partial charge in [-0.1, -0.05) is 13.8 Å². The predicted octanol–water partition coefficient (Wildman–Crippen LogP) is 0.368. The number of hydrogen-bond donors (Lipinski definition) is 2. The average Bonchev–Trinajstić information content (AvgIpc) is 2.51. The molecule has 3 heteroatoms. The Kier molecular flexibility index (Phi) is 3.53. The van der Waals surface area contributed by atoms with Gasteiger partial charge in [0.1, 0.15) is 0 Å². The summed E-state index contributed by atoms with van der Waals surface area (Å²) >= 11 is 0. The third kappa shape index (κ3) is 2.81. The molecular formula is C9H18N2O. The molecule has 0 unspecified atom stereocenters. The lowest BCUT2D eigenvalue weighted by Crippen LogP contribution is -2.33. The summed E-state index contributed by atoms with van der Waals surface area (Å²) < 4.78 is 0. The summed E-state index contributed by atoms with van der Waals surface area (Å²) in [6.45, 7) is 6.83. The third-order valence-corrected chi connectivity index (χ3v) is 2.25. The van der Waals surface area contributed by atoms with Gasteiger partial charge in [-0.15, -0.1) is 0 Å². The van der Waals surface area contributed by atoms with Gasteiger partial charge in [0.05, 0.1) is 0 Å². The Labute approximate surface area is 73.9 Å². The molecule has 1 heterocycles. The van der Waals surface area contributed by atoms with E-state index in [1.807, 2.05) is 13.8 Å². The molecule has 1 aliphatic rings. The highest BCUT2D eigenvalue weighted by Gasteiger charge is 2.15. The van der Waals surface area contributed by atoms with Crippen molar-refractivity contribution in [3.8, 4) is 0 Å². The molecule has 1 aliphatic heterocycles. The van der Waals surface area contributed by atoms with E-state index in [-0.39, 0.29) is 11.8 Å². The number of carbonyl (C=O) groups excluding carboxylic acids is 1. The number of rotatable bonds is 3. The molecule has 1 atom stereocenters. The molecule has 12 heavy (non-hydrogen) atoms. The van der Waals surface area contributed by atoms with Gasteiger partial charge in [0.2, 0.25) is 5.91 Å². The van der Waals surface area contributed by atoms with Crippen molar-refractivity contribution < 1.29 is 4.79 Å². The molecule has 0 aromatic carbocycles. The fourth-order valence-corrected chi connectivity index (χ4v) is 1.34. The zero-order valence-corrected chi connectivity index (χ0v) is 7.89. The van der Waals surface area contributed by atoms with E-state index in [2.05, 4.69) is 10.6 Å². The summed E-state index contributed by atoms with van der Waals surface area (Å²) in [6.07, 6.45) is 1.19. The summed E-state index contributed by atoms with van der Waals surface area (Å²) in [5.74, 6) is 0.925. The fourth-order valence-electron chi connectivity index (χ4n) is 1.34. The molecule has 0 aromatic heterocycles. The van der Waals surface area contributed by atoms with Gasteiger partial charge in [-0.2, -0.15) is 0 Å². The van der Waals surface area contributed by atoms with Crippen LogP contribution >= 0.6 is 0 Å². The minimum Gasteiger partial charge on any atom is -0.356 e. The first-order valence-corrected chi connectivity index (χ1v) is 4.68. The summed E-state index contributed by atoms with van der Waals surface area (Å²) in [5.41, 5.74) is 0. The van der Waals surface area contributed by atoms with Crippen LogP contribution in [0.15, 0.2) is 0 Å². The highest BCUT2D eigenvalue weighted by atomic mass is 16.1. The van der Waals surface area contributed by atoms with Gasteiger partial charge in [0.25, 0.3) is 0 Å². The van der Waals surface area contributed by atoms with Gasteiger partial charge in [0.15, 0.2) is 0 Å². The minimum atomic E-state index is 0.111. The first-order valence-electron chi connectivity index (χ1n) is 4.68. The average molecular weight is 170 g/mol. The van der Waals surface area contributed by atoms with Gasteiger partial charge in [-0.25, -0.2) is 0 Å². The van der Waals surface area contributed by atoms with Crippen molar-refractivity contribution in [3.63, 3.8) is 0 Å². The van der Waals surface area contributed by atoms with Crippen molar-refractivity contribution in [1.29, 1.82) is 0 Å². The highest BCUT2D eigenvalue weighted by Crippen LogP contribution is 2.05. The molecule has 1 saturated heterocycles. The molecule has 0 bridgehead atoms. The van der Waals surface area contributed by atoms with Crippen molar-refractivity contribution in [1.82, 2.24) is 10.6 Å². The first kappa shape index (κ1) is 9.52. The Bertz CT molecular complexity index is 151. The van der Waals surface area contributed by atoms with Crippen LogP contribution < -0.4 is 10.6 Å². The zero-order chi connectivity index (χ0) is 8.97. The van der Waals surface area contributed by atoms with Crippen LogP contribution in [0.5, 0.6) is 0 Å². The van der Waals surface area contributed by atoms with Crippen molar-refractivity contribution in [3.05, 3.63) is 0 Å². The van der Waals surface area contributed by atoms with E-state index in [4.69, 9.17) is 0 Å². The Hall–Kier alpha value is -0.570. The molecule has 0 saturated carbocycles. The SMILES string of the molecule is CC(C)C(=O)NC[C@H]1CCNC1. The topological polar surface area (TPSA) is 41.1 Å². The van der Waals surface area contributed by atoms with E-state index in [1.165, 1.54) is 6.42 Å². The summed E-state index contributed by atoms with van der Waals surface area (Å²) in [5, 5.41) is 6.22. The molecule has 0 aliphatic carbocycles. The number of hydrogen-bond acceptors (Lipinski definition) is 2. The van der Waals surface area contributed by atoms with E-state index in [0.717, 1.165) is 19.6 Å². The van der Waals surface area contributed by atoms with E-state index >= 15 is 0 Å². The molecule has 1 fully saturated rings. The maximum Gasteiger partial charge on any atom is 0.222 e.